The molecule has 0 bridgehead atoms. The summed E-state index contributed by atoms with van der Waals surface area (Å²) in [5, 5.41) is 32.0. The number of aliphatic hydroxyl groups is 2. The minimum Gasteiger partial charge on any atom is -0.497 e. The van der Waals surface area contributed by atoms with E-state index in [4.69, 9.17) is 4.74 Å². The normalized spacial score (nSPS) is 11.1. The van der Waals surface area contributed by atoms with Crippen LogP contribution in [0.3, 0.4) is 0 Å². The van der Waals surface area contributed by atoms with Crippen molar-refractivity contribution in [1.82, 2.24) is 0 Å². The molecule has 100 valence electrons. The molecular weight excluding hydrogens is 240 g/mol. The lowest BCUT2D eigenvalue weighted by Gasteiger charge is -2.27. The van der Waals surface area contributed by atoms with E-state index in [1.807, 2.05) is 0 Å². The Kier molecular flexibility index (Phi) is 4.46. The van der Waals surface area contributed by atoms with Gasteiger partial charge < -0.3 is 20.3 Å². The number of rotatable bonds is 6. The zero-order valence-electron chi connectivity index (χ0n) is 10.2. The highest BCUT2D eigenvalue weighted by Gasteiger charge is 2.26. The molecule has 1 aromatic carbocycles. The average molecular weight is 256 g/mol. The maximum Gasteiger partial charge on any atom is 0.292 e. The Morgan fingerprint density at radius 1 is 1.44 bits per heavy atom. The van der Waals surface area contributed by atoms with Gasteiger partial charge >= 0.3 is 0 Å². The summed E-state index contributed by atoms with van der Waals surface area (Å²) in [5.41, 5.74) is -1.01. The third-order valence-electron chi connectivity index (χ3n) is 2.53. The van der Waals surface area contributed by atoms with Crippen molar-refractivity contribution >= 4 is 11.4 Å². The molecule has 0 saturated heterocycles. The van der Waals surface area contributed by atoms with Gasteiger partial charge in [0.25, 0.3) is 5.69 Å². The van der Waals surface area contributed by atoms with Gasteiger partial charge in [-0.25, -0.2) is 0 Å². The van der Waals surface area contributed by atoms with Gasteiger partial charge in [0, 0.05) is 12.1 Å². The number of aliphatic hydroxyl groups excluding tert-OH is 2. The van der Waals surface area contributed by atoms with Crippen molar-refractivity contribution in [3.05, 3.63) is 28.3 Å². The first-order valence-corrected chi connectivity index (χ1v) is 5.28. The van der Waals surface area contributed by atoms with E-state index in [1.54, 1.807) is 6.92 Å². The lowest BCUT2D eigenvalue weighted by molar-refractivity contribution is -0.384. The van der Waals surface area contributed by atoms with Crippen molar-refractivity contribution in [2.24, 2.45) is 0 Å². The maximum atomic E-state index is 10.9. The standard InChI is InChI=1S/C11H16N2O5/c1-11(6-14,7-15)12-9-5-8(18-2)3-4-10(9)13(16)17/h3-5,12,14-15H,6-7H2,1-2H3. The second-order valence-electron chi connectivity index (χ2n) is 4.14. The second kappa shape index (κ2) is 5.65. The molecule has 0 aliphatic rings. The zero-order chi connectivity index (χ0) is 13.8. The molecule has 0 atom stereocenters. The van der Waals surface area contributed by atoms with Gasteiger partial charge in [-0.2, -0.15) is 0 Å². The number of nitrogens with one attached hydrogen (secondary N) is 1. The van der Waals surface area contributed by atoms with Crippen LogP contribution in [0.1, 0.15) is 6.92 Å². The van der Waals surface area contributed by atoms with Crippen LogP contribution in [0.15, 0.2) is 18.2 Å². The first-order valence-electron chi connectivity index (χ1n) is 5.28. The van der Waals surface area contributed by atoms with Gasteiger partial charge in [-0.1, -0.05) is 0 Å². The van der Waals surface area contributed by atoms with Crippen LogP contribution in [0.4, 0.5) is 11.4 Å². The number of methoxy groups -OCH3 is 1. The van der Waals surface area contributed by atoms with Gasteiger partial charge in [-0.3, -0.25) is 10.1 Å². The molecule has 0 amide bonds. The quantitative estimate of drug-likeness (QED) is 0.512. The minimum absolute atomic E-state index is 0.149. The molecule has 0 aliphatic heterocycles. The summed E-state index contributed by atoms with van der Waals surface area (Å²) in [5.74, 6) is 0.446. The summed E-state index contributed by atoms with van der Waals surface area (Å²) < 4.78 is 4.98. The van der Waals surface area contributed by atoms with Gasteiger partial charge in [0.15, 0.2) is 0 Å². The molecule has 0 radical (unpaired) electrons. The maximum absolute atomic E-state index is 10.9. The Bertz CT molecular complexity index is 431. The zero-order valence-corrected chi connectivity index (χ0v) is 10.2. The van der Waals surface area contributed by atoms with Crippen molar-refractivity contribution in [2.45, 2.75) is 12.5 Å². The van der Waals surface area contributed by atoms with Gasteiger partial charge in [0.2, 0.25) is 0 Å². The van der Waals surface area contributed by atoms with E-state index in [0.29, 0.717) is 5.75 Å². The third-order valence-corrected chi connectivity index (χ3v) is 2.53. The predicted octanol–water partition coefficient (Wildman–Crippen LogP) is 0.759. The number of anilines is 1. The topological polar surface area (TPSA) is 105 Å². The number of ether oxygens (including phenoxy) is 1. The smallest absolute Gasteiger partial charge is 0.292 e. The van der Waals surface area contributed by atoms with Crippen molar-refractivity contribution < 1.29 is 19.9 Å². The van der Waals surface area contributed by atoms with Gasteiger partial charge in [-0.05, 0) is 13.0 Å². The first kappa shape index (κ1) is 14.2. The number of nitrogens with zero attached hydrogens (tertiary/aromatic N) is 1. The van der Waals surface area contributed by atoms with Crippen LogP contribution in [0, 0.1) is 10.1 Å². The van der Waals surface area contributed by atoms with Crippen LogP contribution < -0.4 is 10.1 Å². The molecule has 0 unspecified atom stereocenters. The van der Waals surface area contributed by atoms with E-state index in [-0.39, 0.29) is 24.6 Å². The molecule has 0 fully saturated rings. The van der Waals surface area contributed by atoms with Crippen molar-refractivity contribution in [3.63, 3.8) is 0 Å². The Balaban J connectivity index is 3.15. The molecule has 0 heterocycles. The molecule has 3 N–H and O–H groups in total. The molecule has 7 nitrogen and oxygen atoms in total. The molecule has 0 aliphatic carbocycles. The number of hydrogen-bond acceptors (Lipinski definition) is 6. The largest absolute Gasteiger partial charge is 0.497 e. The predicted molar refractivity (Wildman–Crippen MR) is 65.8 cm³/mol. The van der Waals surface area contributed by atoms with Crippen molar-refractivity contribution in [1.29, 1.82) is 0 Å². The summed E-state index contributed by atoms with van der Waals surface area (Å²) in [7, 11) is 1.45. The Morgan fingerprint density at radius 3 is 2.50 bits per heavy atom. The van der Waals surface area contributed by atoms with Crippen LogP contribution >= 0.6 is 0 Å². The van der Waals surface area contributed by atoms with Gasteiger partial charge in [0.1, 0.15) is 11.4 Å². The summed E-state index contributed by atoms with van der Waals surface area (Å²) in [6.07, 6.45) is 0. The molecule has 18 heavy (non-hydrogen) atoms. The van der Waals surface area contributed by atoms with Gasteiger partial charge in [-0.15, -0.1) is 0 Å². The number of hydrogen-bond donors (Lipinski definition) is 3. The fraction of sp³-hybridized carbons (Fsp3) is 0.455. The summed E-state index contributed by atoms with van der Waals surface area (Å²) in [6.45, 7) is 0.825. The second-order valence-corrected chi connectivity index (χ2v) is 4.14. The van der Waals surface area contributed by atoms with Crippen LogP contribution in [-0.2, 0) is 0 Å². The Hall–Kier alpha value is -1.86. The molecule has 1 rings (SSSR count). The van der Waals surface area contributed by atoms with Crippen molar-refractivity contribution in [3.8, 4) is 5.75 Å². The third kappa shape index (κ3) is 3.08. The lowest BCUT2D eigenvalue weighted by atomic mass is 10.0. The van der Waals surface area contributed by atoms with Crippen LogP contribution in [0.2, 0.25) is 0 Å². The van der Waals surface area contributed by atoms with E-state index in [2.05, 4.69) is 5.32 Å². The van der Waals surface area contributed by atoms with Crippen LogP contribution in [-0.4, -0.2) is 41.0 Å². The monoisotopic (exact) mass is 256 g/mol. The summed E-state index contributed by atoms with van der Waals surface area (Å²) in [4.78, 5) is 10.3. The molecule has 0 aromatic heterocycles. The van der Waals surface area contributed by atoms with E-state index in [1.165, 1.54) is 25.3 Å². The molecule has 0 saturated carbocycles. The van der Waals surface area contributed by atoms with Crippen LogP contribution in [0.25, 0.3) is 0 Å². The average Bonchev–Trinajstić information content (AvgIpc) is 2.38. The number of nitro groups is 1. The van der Waals surface area contributed by atoms with E-state index < -0.39 is 10.5 Å². The highest BCUT2D eigenvalue weighted by molar-refractivity contribution is 5.65. The number of nitro benzene ring substituents is 1. The molecular formula is C11H16N2O5. The highest BCUT2D eigenvalue weighted by Crippen LogP contribution is 2.30. The molecule has 1 aromatic rings. The first-order chi connectivity index (χ1) is 8.45. The Morgan fingerprint density at radius 2 is 2.06 bits per heavy atom. The SMILES string of the molecule is COc1ccc([N+](=O)[O-])c(NC(C)(CO)CO)c1. The summed E-state index contributed by atoms with van der Waals surface area (Å²) >= 11 is 0. The lowest BCUT2D eigenvalue weighted by Crippen LogP contribution is -2.42. The number of benzene rings is 1. The van der Waals surface area contributed by atoms with Crippen LogP contribution in [0.5, 0.6) is 5.75 Å². The molecule has 7 heteroatoms. The summed E-state index contributed by atoms with van der Waals surface area (Å²) in [6, 6.07) is 4.22. The fourth-order valence-corrected chi connectivity index (χ4v) is 1.36. The Labute approximate surface area is 104 Å². The van der Waals surface area contributed by atoms with Gasteiger partial charge in [0.05, 0.1) is 30.8 Å². The van der Waals surface area contributed by atoms with E-state index >= 15 is 0 Å². The van der Waals surface area contributed by atoms with Crippen molar-refractivity contribution in [2.75, 3.05) is 25.6 Å². The fourth-order valence-electron chi connectivity index (χ4n) is 1.36. The molecule has 0 spiro atoms. The van der Waals surface area contributed by atoms with E-state index in [0.717, 1.165) is 0 Å². The minimum atomic E-state index is -1.04. The highest BCUT2D eigenvalue weighted by atomic mass is 16.6. The van der Waals surface area contributed by atoms with E-state index in [9.17, 15) is 20.3 Å².